The maximum atomic E-state index is 13.2. The Hall–Kier alpha value is -2.28. The molecule has 1 atom stereocenters. The smallest absolute Gasteiger partial charge is 0.323 e. The fraction of sp³-hybridized carbons (Fsp3) is 0.714. The van der Waals surface area contributed by atoms with Crippen LogP contribution in [0, 0.1) is 5.92 Å². The zero-order valence-corrected chi connectivity index (χ0v) is 21.3. The van der Waals surface area contributed by atoms with E-state index in [-0.39, 0.29) is 53.0 Å². The van der Waals surface area contributed by atoms with E-state index in [2.05, 4.69) is 5.32 Å². The first-order valence-corrected chi connectivity index (χ1v) is 13.6. The number of nitrogens with one attached hydrogen (secondary N) is 1. The minimum absolute atomic E-state index is 0.00945. The molecule has 3 fully saturated rings. The third-order valence-electron chi connectivity index (χ3n) is 8.16. The molecular weight excluding hydrogens is 444 g/mol. The van der Waals surface area contributed by atoms with Gasteiger partial charge >= 0.3 is 5.97 Å². The van der Waals surface area contributed by atoms with Crippen LogP contribution in [0.4, 0.5) is 0 Å². The van der Waals surface area contributed by atoms with Crippen LogP contribution in [-0.2, 0) is 9.53 Å². The molecule has 2 aliphatic carbocycles. The predicted molar refractivity (Wildman–Crippen MR) is 135 cm³/mol. The number of hydrogen-bond acceptors (Lipinski definition) is 6. The van der Waals surface area contributed by atoms with Crippen molar-refractivity contribution in [3.63, 3.8) is 0 Å². The second kappa shape index (κ2) is 11.6. The van der Waals surface area contributed by atoms with E-state index in [0.29, 0.717) is 24.6 Å². The Morgan fingerprint density at radius 2 is 1.54 bits per heavy atom. The lowest BCUT2D eigenvalue weighted by Gasteiger charge is -2.37. The number of hydrogen-bond donors (Lipinski definition) is 3. The number of phenols is 2. The van der Waals surface area contributed by atoms with Crippen LogP contribution >= 0.6 is 0 Å². The Bertz CT molecular complexity index is 882. The molecule has 7 nitrogen and oxygen atoms in total. The highest BCUT2D eigenvalue weighted by Gasteiger charge is 2.36. The molecule has 0 bridgehead atoms. The molecule has 4 rings (SSSR count). The van der Waals surface area contributed by atoms with E-state index >= 15 is 0 Å². The van der Waals surface area contributed by atoms with Gasteiger partial charge in [0.25, 0.3) is 5.91 Å². The van der Waals surface area contributed by atoms with E-state index in [1.165, 1.54) is 25.3 Å². The van der Waals surface area contributed by atoms with Gasteiger partial charge in [0, 0.05) is 25.2 Å². The molecule has 194 valence electrons. The molecule has 1 aromatic rings. The quantitative estimate of drug-likeness (QED) is 0.477. The van der Waals surface area contributed by atoms with Gasteiger partial charge in [-0.15, -0.1) is 0 Å². The van der Waals surface area contributed by atoms with Crippen molar-refractivity contribution in [2.75, 3.05) is 13.1 Å². The molecule has 1 aliphatic heterocycles. The number of amides is 1. The first-order valence-electron chi connectivity index (χ1n) is 13.6. The third kappa shape index (κ3) is 6.29. The number of likely N-dealkylation sites (tertiary alicyclic amines) is 1. The number of carbonyl (C=O) groups excluding carboxylic acids is 2. The van der Waals surface area contributed by atoms with Crippen LogP contribution in [0.15, 0.2) is 12.1 Å². The van der Waals surface area contributed by atoms with Crippen LogP contribution in [0.5, 0.6) is 11.5 Å². The highest BCUT2D eigenvalue weighted by atomic mass is 16.5. The van der Waals surface area contributed by atoms with Crippen molar-refractivity contribution in [1.82, 2.24) is 10.2 Å². The Morgan fingerprint density at radius 1 is 0.914 bits per heavy atom. The van der Waals surface area contributed by atoms with Crippen molar-refractivity contribution in [1.29, 1.82) is 0 Å². The number of esters is 1. The monoisotopic (exact) mass is 486 g/mol. The zero-order valence-electron chi connectivity index (χ0n) is 21.3. The number of ether oxygens (including phenoxy) is 1. The molecule has 1 saturated heterocycles. The molecule has 35 heavy (non-hydrogen) atoms. The summed E-state index contributed by atoms with van der Waals surface area (Å²) in [4.78, 5) is 28.1. The van der Waals surface area contributed by atoms with Gasteiger partial charge in [0.2, 0.25) is 0 Å². The number of benzene rings is 1. The van der Waals surface area contributed by atoms with Crippen LogP contribution in [0.25, 0.3) is 0 Å². The number of aromatic hydroxyl groups is 2. The zero-order chi connectivity index (χ0) is 24.9. The maximum absolute atomic E-state index is 13.2. The Morgan fingerprint density at radius 3 is 2.17 bits per heavy atom. The number of phenolic OH excluding ortho intramolecular Hbond substituents is 2. The Kier molecular flexibility index (Phi) is 8.58. The van der Waals surface area contributed by atoms with Crippen LogP contribution in [0.2, 0.25) is 0 Å². The van der Waals surface area contributed by atoms with Crippen molar-refractivity contribution in [3.8, 4) is 11.5 Å². The Labute approximate surface area is 209 Å². The molecular formula is C28H42N2O5. The fourth-order valence-electron chi connectivity index (χ4n) is 6.01. The average Bonchev–Trinajstić information content (AvgIpc) is 3.36. The topological polar surface area (TPSA) is 99.1 Å². The summed E-state index contributed by atoms with van der Waals surface area (Å²) in [6, 6.07) is 2.77. The number of piperidine rings is 1. The maximum Gasteiger partial charge on any atom is 0.323 e. The summed E-state index contributed by atoms with van der Waals surface area (Å²) in [5, 5.41) is 24.1. The molecule has 0 unspecified atom stereocenters. The molecule has 1 aromatic carbocycles. The summed E-state index contributed by atoms with van der Waals surface area (Å²) in [7, 11) is 0. The molecule has 2 saturated carbocycles. The lowest BCUT2D eigenvalue weighted by molar-refractivity contribution is -0.153. The van der Waals surface area contributed by atoms with Crippen LogP contribution in [0.1, 0.15) is 106 Å². The van der Waals surface area contributed by atoms with Gasteiger partial charge in [-0.3, -0.25) is 9.59 Å². The van der Waals surface area contributed by atoms with Gasteiger partial charge in [0.1, 0.15) is 23.6 Å². The van der Waals surface area contributed by atoms with E-state index in [1.807, 2.05) is 13.8 Å². The molecule has 0 aromatic heterocycles. The minimum Gasteiger partial charge on any atom is -0.508 e. The average molecular weight is 487 g/mol. The summed E-state index contributed by atoms with van der Waals surface area (Å²) in [6.45, 7) is 5.00. The highest BCUT2D eigenvalue weighted by molar-refractivity contribution is 5.97. The number of carbonyl (C=O) groups is 2. The molecule has 1 amide bonds. The van der Waals surface area contributed by atoms with Crippen molar-refractivity contribution in [2.45, 2.75) is 109 Å². The molecule has 1 heterocycles. The van der Waals surface area contributed by atoms with Crippen LogP contribution in [0.3, 0.4) is 0 Å². The van der Waals surface area contributed by atoms with Gasteiger partial charge < -0.3 is 25.2 Å². The summed E-state index contributed by atoms with van der Waals surface area (Å²) in [5.41, 5.74) is 0.886. The van der Waals surface area contributed by atoms with Crippen molar-refractivity contribution in [3.05, 3.63) is 23.3 Å². The first-order chi connectivity index (χ1) is 16.8. The standard InChI is InChI=1S/C28H42N2O5/c1-18(2)22-16-23(25(32)17-24(22)31)27(33)30-14-12-20(13-15-30)29-26(19-8-4-3-5-9-19)28(34)35-21-10-6-7-11-21/h16-21,26,29,31-32H,3-15H2,1-2H3/t26-/m0/s1. The van der Waals surface area contributed by atoms with Gasteiger partial charge in [0.15, 0.2) is 0 Å². The largest absolute Gasteiger partial charge is 0.508 e. The fourth-order valence-corrected chi connectivity index (χ4v) is 6.01. The summed E-state index contributed by atoms with van der Waals surface area (Å²) in [5.74, 6) is -0.122. The summed E-state index contributed by atoms with van der Waals surface area (Å²) in [6.07, 6.45) is 11.5. The second-order valence-electron chi connectivity index (χ2n) is 11.0. The molecule has 3 N–H and O–H groups in total. The van der Waals surface area contributed by atoms with Gasteiger partial charge in [-0.05, 0) is 74.8 Å². The summed E-state index contributed by atoms with van der Waals surface area (Å²) >= 11 is 0. The van der Waals surface area contributed by atoms with Crippen LogP contribution < -0.4 is 5.32 Å². The first kappa shape index (κ1) is 25.8. The molecule has 7 heteroatoms. The lowest BCUT2D eigenvalue weighted by atomic mass is 9.83. The SMILES string of the molecule is CC(C)c1cc(C(=O)N2CCC(N[C@H](C(=O)OC3CCCC3)C3CCCCC3)CC2)c(O)cc1O. The molecule has 0 spiro atoms. The van der Waals surface area contributed by atoms with E-state index in [1.54, 1.807) is 11.0 Å². The lowest BCUT2D eigenvalue weighted by Crippen LogP contribution is -2.53. The van der Waals surface area contributed by atoms with Gasteiger partial charge in [-0.2, -0.15) is 0 Å². The van der Waals surface area contributed by atoms with Crippen molar-refractivity contribution in [2.24, 2.45) is 5.92 Å². The predicted octanol–water partition coefficient (Wildman–Crippen LogP) is 4.85. The van der Waals surface area contributed by atoms with Crippen molar-refractivity contribution >= 4 is 11.9 Å². The van der Waals surface area contributed by atoms with Gasteiger partial charge in [-0.25, -0.2) is 0 Å². The van der Waals surface area contributed by atoms with Gasteiger partial charge in [-0.1, -0.05) is 33.1 Å². The molecule has 3 aliphatic rings. The molecule has 0 radical (unpaired) electrons. The second-order valence-corrected chi connectivity index (χ2v) is 11.0. The normalized spacial score (nSPS) is 21.4. The number of nitrogens with zero attached hydrogens (tertiary/aromatic N) is 1. The van der Waals surface area contributed by atoms with Gasteiger partial charge in [0.05, 0.1) is 5.56 Å². The Balaban J connectivity index is 1.37. The third-order valence-corrected chi connectivity index (χ3v) is 8.16. The summed E-state index contributed by atoms with van der Waals surface area (Å²) < 4.78 is 5.92. The number of rotatable bonds is 7. The van der Waals surface area contributed by atoms with E-state index < -0.39 is 0 Å². The van der Waals surface area contributed by atoms with E-state index in [4.69, 9.17) is 4.74 Å². The minimum atomic E-state index is -0.266. The highest BCUT2D eigenvalue weighted by Crippen LogP contribution is 2.34. The van der Waals surface area contributed by atoms with E-state index in [0.717, 1.165) is 51.4 Å². The van der Waals surface area contributed by atoms with E-state index in [9.17, 15) is 19.8 Å². The van der Waals surface area contributed by atoms with Crippen LogP contribution in [-0.4, -0.2) is 58.3 Å². The van der Waals surface area contributed by atoms with Crippen molar-refractivity contribution < 1.29 is 24.5 Å².